The third kappa shape index (κ3) is 2.29. The molecular formula is C16H22N2O2. The van der Waals surface area contributed by atoms with E-state index in [4.69, 9.17) is 10.5 Å². The molecule has 4 nitrogen and oxygen atoms in total. The molecular weight excluding hydrogens is 252 g/mol. The van der Waals surface area contributed by atoms with Crippen molar-refractivity contribution in [2.45, 2.75) is 37.6 Å². The van der Waals surface area contributed by atoms with Crippen LogP contribution in [0.3, 0.4) is 0 Å². The number of fused-ring (bicyclic) bond motifs is 1. The van der Waals surface area contributed by atoms with Gasteiger partial charge in [0, 0.05) is 0 Å². The lowest BCUT2D eigenvalue weighted by atomic mass is 9.75. The van der Waals surface area contributed by atoms with Crippen LogP contribution in [0.4, 0.5) is 0 Å². The third-order valence-corrected chi connectivity index (χ3v) is 4.58. The van der Waals surface area contributed by atoms with Gasteiger partial charge in [0.15, 0.2) is 0 Å². The normalized spacial score (nSPS) is 25.1. The summed E-state index contributed by atoms with van der Waals surface area (Å²) in [5, 5.41) is 3.47. The molecule has 3 rings (SSSR count). The Balaban J connectivity index is 1.96. The Labute approximate surface area is 119 Å². The first kappa shape index (κ1) is 13.4. The molecule has 0 spiro atoms. The van der Waals surface area contributed by atoms with E-state index in [-0.39, 0.29) is 5.91 Å². The molecule has 1 unspecified atom stereocenters. The van der Waals surface area contributed by atoms with E-state index in [9.17, 15) is 4.79 Å². The molecule has 0 aromatic heterocycles. The van der Waals surface area contributed by atoms with E-state index in [0.29, 0.717) is 0 Å². The lowest BCUT2D eigenvalue weighted by Crippen LogP contribution is -2.55. The Morgan fingerprint density at radius 3 is 2.95 bits per heavy atom. The highest BCUT2D eigenvalue weighted by Gasteiger charge is 2.42. The fourth-order valence-electron chi connectivity index (χ4n) is 3.17. The van der Waals surface area contributed by atoms with Gasteiger partial charge < -0.3 is 10.5 Å². The number of hydrogen-bond acceptors (Lipinski definition) is 3. The van der Waals surface area contributed by atoms with Gasteiger partial charge in [-0.05, 0) is 67.8 Å². The minimum atomic E-state index is -0.692. The average Bonchev–Trinajstić information content (AvgIpc) is 3.28. The van der Waals surface area contributed by atoms with E-state index < -0.39 is 5.54 Å². The molecule has 1 fully saturated rings. The average molecular weight is 274 g/mol. The molecule has 4 heteroatoms. The first-order valence-corrected chi connectivity index (χ1v) is 7.38. The van der Waals surface area contributed by atoms with E-state index in [1.807, 2.05) is 18.2 Å². The van der Waals surface area contributed by atoms with Crippen LogP contribution >= 0.6 is 0 Å². The number of benzene rings is 1. The van der Waals surface area contributed by atoms with Crippen LogP contribution in [0.15, 0.2) is 18.2 Å². The van der Waals surface area contributed by atoms with Crippen molar-refractivity contribution in [3.05, 3.63) is 29.3 Å². The molecule has 2 aliphatic carbocycles. The number of amides is 1. The lowest BCUT2D eigenvalue weighted by Gasteiger charge is -2.37. The molecule has 1 saturated carbocycles. The van der Waals surface area contributed by atoms with Gasteiger partial charge >= 0.3 is 0 Å². The molecule has 1 atom stereocenters. The quantitative estimate of drug-likeness (QED) is 0.859. The minimum Gasteiger partial charge on any atom is -0.497 e. The van der Waals surface area contributed by atoms with Crippen molar-refractivity contribution in [3.63, 3.8) is 0 Å². The van der Waals surface area contributed by atoms with Crippen molar-refractivity contribution in [1.29, 1.82) is 0 Å². The summed E-state index contributed by atoms with van der Waals surface area (Å²) in [6.07, 6.45) is 5.26. The van der Waals surface area contributed by atoms with E-state index >= 15 is 0 Å². The zero-order chi connectivity index (χ0) is 14.2. The van der Waals surface area contributed by atoms with E-state index in [1.54, 1.807) is 7.11 Å². The second-order valence-corrected chi connectivity index (χ2v) is 5.97. The molecule has 0 saturated heterocycles. The van der Waals surface area contributed by atoms with E-state index in [1.165, 1.54) is 18.4 Å². The first-order valence-electron chi connectivity index (χ1n) is 7.38. The van der Waals surface area contributed by atoms with Gasteiger partial charge in [-0.25, -0.2) is 0 Å². The molecule has 3 N–H and O–H groups in total. The summed E-state index contributed by atoms with van der Waals surface area (Å²) in [6, 6.07) is 5.95. The van der Waals surface area contributed by atoms with Gasteiger partial charge in [0.25, 0.3) is 0 Å². The number of ether oxygens (including phenoxy) is 1. The number of nitrogens with one attached hydrogen (secondary N) is 1. The van der Waals surface area contributed by atoms with Crippen LogP contribution in [-0.4, -0.2) is 19.6 Å². The highest BCUT2D eigenvalue weighted by atomic mass is 16.5. The Morgan fingerprint density at radius 1 is 1.50 bits per heavy atom. The number of methoxy groups -OCH3 is 1. The Bertz CT molecular complexity index is 525. The summed E-state index contributed by atoms with van der Waals surface area (Å²) in [6.45, 7) is 0.883. The van der Waals surface area contributed by atoms with Crippen molar-refractivity contribution in [2.75, 3.05) is 13.7 Å². The van der Waals surface area contributed by atoms with Gasteiger partial charge in [-0.3, -0.25) is 10.1 Å². The molecule has 0 heterocycles. The van der Waals surface area contributed by atoms with Gasteiger partial charge in [0.05, 0.1) is 7.11 Å². The number of hydrogen-bond donors (Lipinski definition) is 2. The van der Waals surface area contributed by atoms with Crippen LogP contribution in [0, 0.1) is 5.92 Å². The second kappa shape index (κ2) is 5.09. The topological polar surface area (TPSA) is 64.3 Å². The fourth-order valence-corrected chi connectivity index (χ4v) is 3.17. The molecule has 1 amide bonds. The molecule has 20 heavy (non-hydrogen) atoms. The molecule has 108 valence electrons. The van der Waals surface area contributed by atoms with E-state index in [2.05, 4.69) is 5.32 Å². The summed E-state index contributed by atoms with van der Waals surface area (Å²) >= 11 is 0. The largest absolute Gasteiger partial charge is 0.497 e. The van der Waals surface area contributed by atoms with Crippen molar-refractivity contribution in [1.82, 2.24) is 5.32 Å². The first-order chi connectivity index (χ1) is 9.65. The smallest absolute Gasteiger partial charge is 0.242 e. The summed E-state index contributed by atoms with van der Waals surface area (Å²) in [4.78, 5) is 12.2. The SMILES string of the molecule is COc1ccc2c(c1)CCCC2(NCC1CC1)C(N)=O. The monoisotopic (exact) mass is 274 g/mol. The van der Waals surface area contributed by atoms with Crippen molar-refractivity contribution >= 4 is 5.91 Å². The van der Waals surface area contributed by atoms with E-state index in [0.717, 1.165) is 43.0 Å². The predicted molar refractivity (Wildman–Crippen MR) is 77.5 cm³/mol. The number of carbonyl (C=O) groups excluding carboxylic acids is 1. The molecule has 1 aromatic carbocycles. The molecule has 0 aliphatic heterocycles. The molecule has 2 aliphatic rings. The van der Waals surface area contributed by atoms with Crippen LogP contribution in [0.1, 0.15) is 36.8 Å². The summed E-state index contributed by atoms with van der Waals surface area (Å²) in [5.74, 6) is 1.30. The van der Waals surface area contributed by atoms with Gasteiger partial charge in [-0.15, -0.1) is 0 Å². The van der Waals surface area contributed by atoms with Crippen molar-refractivity contribution in [3.8, 4) is 5.75 Å². The number of rotatable bonds is 5. The maximum atomic E-state index is 12.2. The summed E-state index contributed by atoms with van der Waals surface area (Å²) in [5.41, 5.74) is 7.29. The minimum absolute atomic E-state index is 0.260. The lowest BCUT2D eigenvalue weighted by molar-refractivity contribution is -0.125. The van der Waals surface area contributed by atoms with Crippen molar-refractivity contribution < 1.29 is 9.53 Å². The van der Waals surface area contributed by atoms with Gasteiger partial charge in [0.1, 0.15) is 11.3 Å². The van der Waals surface area contributed by atoms with Gasteiger partial charge in [-0.1, -0.05) is 6.07 Å². The summed E-state index contributed by atoms with van der Waals surface area (Å²) < 4.78 is 5.28. The number of primary amides is 1. The number of carbonyl (C=O) groups is 1. The molecule has 0 bridgehead atoms. The zero-order valence-corrected chi connectivity index (χ0v) is 11.9. The maximum Gasteiger partial charge on any atom is 0.242 e. The second-order valence-electron chi connectivity index (χ2n) is 5.97. The Kier molecular flexibility index (Phi) is 3.42. The zero-order valence-electron chi connectivity index (χ0n) is 11.9. The fraction of sp³-hybridized carbons (Fsp3) is 0.562. The third-order valence-electron chi connectivity index (χ3n) is 4.58. The highest BCUT2D eigenvalue weighted by Crippen LogP contribution is 2.38. The molecule has 0 radical (unpaired) electrons. The number of aryl methyl sites for hydroxylation is 1. The van der Waals surface area contributed by atoms with Crippen LogP contribution < -0.4 is 15.8 Å². The Hall–Kier alpha value is -1.55. The Morgan fingerprint density at radius 2 is 2.30 bits per heavy atom. The maximum absolute atomic E-state index is 12.2. The molecule has 1 aromatic rings. The highest BCUT2D eigenvalue weighted by molar-refractivity contribution is 5.87. The van der Waals surface area contributed by atoms with Gasteiger partial charge in [0.2, 0.25) is 5.91 Å². The van der Waals surface area contributed by atoms with Crippen LogP contribution in [-0.2, 0) is 16.8 Å². The standard InChI is InChI=1S/C16H22N2O2/c1-20-13-6-7-14-12(9-13)3-2-8-16(14,15(17)19)18-10-11-4-5-11/h6-7,9,11,18H,2-5,8,10H2,1H3,(H2,17,19). The predicted octanol–water partition coefficient (Wildman–Crippen LogP) is 1.71. The van der Waals surface area contributed by atoms with Gasteiger partial charge in [-0.2, -0.15) is 0 Å². The van der Waals surface area contributed by atoms with Crippen LogP contribution in [0.5, 0.6) is 5.75 Å². The van der Waals surface area contributed by atoms with Crippen LogP contribution in [0.2, 0.25) is 0 Å². The number of nitrogens with two attached hydrogens (primary N) is 1. The van der Waals surface area contributed by atoms with Crippen LogP contribution in [0.25, 0.3) is 0 Å². The summed E-state index contributed by atoms with van der Waals surface area (Å²) in [7, 11) is 1.66. The van der Waals surface area contributed by atoms with Crippen molar-refractivity contribution in [2.24, 2.45) is 11.7 Å².